The SMILES string of the molecule is CC(=O)N=c1c(Nc2ccc(Cl)cc2)nc(=O)[nH]n1C. The van der Waals surface area contributed by atoms with Crippen LogP contribution in [0.4, 0.5) is 11.5 Å². The van der Waals surface area contributed by atoms with Crippen molar-refractivity contribution in [2.24, 2.45) is 12.0 Å². The minimum Gasteiger partial charge on any atom is -0.337 e. The Morgan fingerprint density at radius 3 is 2.65 bits per heavy atom. The quantitative estimate of drug-likeness (QED) is 0.862. The van der Waals surface area contributed by atoms with E-state index in [1.165, 1.54) is 11.6 Å². The second-order valence-corrected chi connectivity index (χ2v) is 4.46. The number of anilines is 2. The van der Waals surface area contributed by atoms with Gasteiger partial charge in [-0.1, -0.05) is 11.6 Å². The van der Waals surface area contributed by atoms with E-state index in [9.17, 15) is 9.59 Å². The second kappa shape index (κ2) is 5.70. The number of hydrogen-bond acceptors (Lipinski definition) is 4. The number of aryl methyl sites for hydroxylation is 1. The van der Waals surface area contributed by atoms with Crippen LogP contribution in [-0.2, 0) is 11.8 Å². The van der Waals surface area contributed by atoms with Crippen molar-refractivity contribution in [1.29, 1.82) is 0 Å². The van der Waals surface area contributed by atoms with Gasteiger partial charge in [0.05, 0.1) is 0 Å². The first-order valence-electron chi connectivity index (χ1n) is 5.71. The molecule has 0 bridgehead atoms. The van der Waals surface area contributed by atoms with Crippen LogP contribution < -0.4 is 16.5 Å². The van der Waals surface area contributed by atoms with Gasteiger partial charge in [-0.05, 0) is 24.3 Å². The number of amides is 1. The van der Waals surface area contributed by atoms with Crippen LogP contribution in [0.15, 0.2) is 34.1 Å². The summed E-state index contributed by atoms with van der Waals surface area (Å²) >= 11 is 5.80. The number of benzene rings is 1. The zero-order valence-electron chi connectivity index (χ0n) is 10.8. The molecule has 20 heavy (non-hydrogen) atoms. The van der Waals surface area contributed by atoms with Crippen LogP contribution in [0.2, 0.25) is 5.02 Å². The zero-order chi connectivity index (χ0) is 14.7. The van der Waals surface area contributed by atoms with E-state index in [1.54, 1.807) is 31.3 Å². The Kier molecular flexibility index (Phi) is 3.99. The van der Waals surface area contributed by atoms with E-state index in [4.69, 9.17) is 11.6 Å². The number of halogens is 1. The molecular weight excluding hydrogens is 282 g/mol. The highest BCUT2D eigenvalue weighted by molar-refractivity contribution is 6.30. The van der Waals surface area contributed by atoms with Crippen LogP contribution in [0.3, 0.4) is 0 Å². The molecule has 0 atom stereocenters. The lowest BCUT2D eigenvalue weighted by atomic mass is 10.3. The van der Waals surface area contributed by atoms with Crippen molar-refractivity contribution in [3.05, 3.63) is 45.3 Å². The molecule has 1 amide bonds. The number of aromatic amines is 1. The molecule has 2 N–H and O–H groups in total. The van der Waals surface area contributed by atoms with Crippen LogP contribution in [0.5, 0.6) is 0 Å². The van der Waals surface area contributed by atoms with Gasteiger partial charge in [-0.15, -0.1) is 0 Å². The van der Waals surface area contributed by atoms with Crippen LogP contribution >= 0.6 is 11.6 Å². The van der Waals surface area contributed by atoms with Crippen LogP contribution in [0.1, 0.15) is 6.92 Å². The third kappa shape index (κ3) is 3.33. The Balaban J connectivity index is 2.53. The summed E-state index contributed by atoms with van der Waals surface area (Å²) in [6, 6.07) is 6.84. The molecule has 0 radical (unpaired) electrons. The Morgan fingerprint density at radius 2 is 2.05 bits per heavy atom. The highest BCUT2D eigenvalue weighted by atomic mass is 35.5. The molecule has 0 aliphatic heterocycles. The van der Waals surface area contributed by atoms with Crippen molar-refractivity contribution in [2.75, 3.05) is 5.32 Å². The molecular formula is C12H12ClN5O2. The number of nitrogens with one attached hydrogen (secondary N) is 2. The molecule has 8 heteroatoms. The summed E-state index contributed by atoms with van der Waals surface area (Å²) < 4.78 is 1.33. The van der Waals surface area contributed by atoms with E-state index in [0.717, 1.165) is 0 Å². The van der Waals surface area contributed by atoms with Gasteiger partial charge in [-0.3, -0.25) is 9.48 Å². The fraction of sp³-hybridized carbons (Fsp3) is 0.167. The van der Waals surface area contributed by atoms with E-state index in [1.807, 2.05) is 0 Å². The maximum absolute atomic E-state index is 11.4. The number of hydrogen-bond donors (Lipinski definition) is 2. The lowest BCUT2D eigenvalue weighted by Crippen LogP contribution is -2.33. The van der Waals surface area contributed by atoms with Gasteiger partial charge in [0, 0.05) is 24.7 Å². The zero-order valence-corrected chi connectivity index (χ0v) is 11.6. The lowest BCUT2D eigenvalue weighted by molar-refractivity contribution is -0.116. The summed E-state index contributed by atoms with van der Waals surface area (Å²) in [5.41, 5.74) is 0.353. The van der Waals surface area contributed by atoms with E-state index in [-0.39, 0.29) is 11.3 Å². The number of rotatable bonds is 2. The number of carbonyl (C=O) groups is 1. The molecule has 1 heterocycles. The summed E-state index contributed by atoms with van der Waals surface area (Å²) in [6.07, 6.45) is 0. The van der Waals surface area contributed by atoms with E-state index in [0.29, 0.717) is 10.7 Å². The van der Waals surface area contributed by atoms with Crippen molar-refractivity contribution >= 4 is 29.0 Å². The molecule has 0 unspecified atom stereocenters. The number of nitrogens with zero attached hydrogens (tertiary/aromatic N) is 3. The molecule has 0 saturated heterocycles. The minimum atomic E-state index is -0.550. The van der Waals surface area contributed by atoms with Crippen molar-refractivity contribution in [2.45, 2.75) is 6.92 Å². The molecule has 7 nitrogen and oxygen atoms in total. The number of carbonyl (C=O) groups excluding carboxylic acids is 1. The minimum absolute atomic E-state index is 0.189. The third-order valence-electron chi connectivity index (χ3n) is 2.38. The maximum Gasteiger partial charge on any atom is 0.361 e. The van der Waals surface area contributed by atoms with Gasteiger partial charge in [0.15, 0.2) is 11.3 Å². The first kappa shape index (κ1) is 14.0. The second-order valence-electron chi connectivity index (χ2n) is 4.02. The molecule has 0 saturated carbocycles. The van der Waals surface area contributed by atoms with Crippen LogP contribution in [-0.4, -0.2) is 20.7 Å². The van der Waals surface area contributed by atoms with Gasteiger partial charge in [0.25, 0.3) is 0 Å². The van der Waals surface area contributed by atoms with Crippen molar-refractivity contribution < 1.29 is 4.79 Å². The fourth-order valence-corrected chi connectivity index (χ4v) is 1.69. The smallest absolute Gasteiger partial charge is 0.337 e. The molecule has 2 rings (SSSR count). The number of aromatic nitrogens is 3. The Hall–Kier alpha value is -2.41. The van der Waals surface area contributed by atoms with Gasteiger partial charge in [-0.25, -0.2) is 9.89 Å². The monoisotopic (exact) mass is 293 g/mol. The van der Waals surface area contributed by atoms with Gasteiger partial charge < -0.3 is 5.32 Å². The summed E-state index contributed by atoms with van der Waals surface area (Å²) in [7, 11) is 1.57. The maximum atomic E-state index is 11.4. The van der Waals surface area contributed by atoms with Crippen molar-refractivity contribution in [3.8, 4) is 0 Å². The largest absolute Gasteiger partial charge is 0.361 e. The third-order valence-corrected chi connectivity index (χ3v) is 2.63. The summed E-state index contributed by atoms with van der Waals surface area (Å²) in [5, 5.41) is 5.94. The summed E-state index contributed by atoms with van der Waals surface area (Å²) in [4.78, 5) is 30.2. The molecule has 1 aromatic heterocycles. The predicted molar refractivity (Wildman–Crippen MR) is 74.8 cm³/mol. The summed E-state index contributed by atoms with van der Waals surface area (Å²) in [6.45, 7) is 1.32. The Labute approximate surface area is 118 Å². The standard InChI is InChI=1S/C12H12ClN5O2/c1-7(19)14-11-10(16-12(20)17-18(11)2)15-9-5-3-8(13)4-6-9/h3-6H,1-2H3,(H2,15,16,17,20). The van der Waals surface area contributed by atoms with Crippen molar-refractivity contribution in [3.63, 3.8) is 0 Å². The van der Waals surface area contributed by atoms with Gasteiger partial charge in [0.1, 0.15) is 0 Å². The Morgan fingerprint density at radius 1 is 1.40 bits per heavy atom. The normalized spacial score (nSPS) is 11.4. The molecule has 0 aliphatic rings. The first-order valence-corrected chi connectivity index (χ1v) is 6.09. The highest BCUT2D eigenvalue weighted by Crippen LogP contribution is 2.15. The topological polar surface area (TPSA) is 92.1 Å². The van der Waals surface area contributed by atoms with Crippen LogP contribution in [0, 0.1) is 0 Å². The van der Waals surface area contributed by atoms with E-state index >= 15 is 0 Å². The molecule has 1 aromatic carbocycles. The average molecular weight is 294 g/mol. The number of H-pyrrole nitrogens is 1. The van der Waals surface area contributed by atoms with Crippen LogP contribution in [0.25, 0.3) is 0 Å². The molecule has 0 fully saturated rings. The van der Waals surface area contributed by atoms with Gasteiger partial charge >= 0.3 is 5.69 Å². The summed E-state index contributed by atoms with van der Waals surface area (Å²) in [5.74, 6) is -0.206. The molecule has 0 aliphatic carbocycles. The lowest BCUT2D eigenvalue weighted by Gasteiger charge is -2.07. The van der Waals surface area contributed by atoms with Crippen molar-refractivity contribution in [1.82, 2.24) is 14.8 Å². The highest BCUT2D eigenvalue weighted by Gasteiger charge is 2.05. The van der Waals surface area contributed by atoms with E-state index < -0.39 is 11.6 Å². The average Bonchev–Trinajstić information content (AvgIpc) is 2.36. The van der Waals surface area contributed by atoms with Gasteiger partial charge in [0.2, 0.25) is 5.91 Å². The molecule has 0 spiro atoms. The van der Waals surface area contributed by atoms with Gasteiger partial charge in [-0.2, -0.15) is 9.98 Å². The molecule has 2 aromatic rings. The fourth-order valence-electron chi connectivity index (χ4n) is 1.56. The molecule has 104 valence electrons. The van der Waals surface area contributed by atoms with E-state index in [2.05, 4.69) is 20.4 Å². The first-order chi connectivity index (χ1) is 9.45. The Bertz CT molecular complexity index is 761. The predicted octanol–water partition coefficient (Wildman–Crippen LogP) is 0.953.